The quantitative estimate of drug-likeness (QED) is 0.744. The summed E-state index contributed by atoms with van der Waals surface area (Å²) in [5.74, 6) is -0.205. The van der Waals surface area contributed by atoms with E-state index in [-0.39, 0.29) is 5.97 Å². The molecule has 3 nitrogen and oxygen atoms in total. The first-order valence-electron chi connectivity index (χ1n) is 7.77. The van der Waals surface area contributed by atoms with Gasteiger partial charge in [-0.15, -0.1) is 0 Å². The van der Waals surface area contributed by atoms with Crippen molar-refractivity contribution in [2.45, 2.75) is 45.1 Å². The third-order valence-corrected chi connectivity index (χ3v) is 3.95. The van der Waals surface area contributed by atoms with Crippen LogP contribution in [0.2, 0.25) is 0 Å². The van der Waals surface area contributed by atoms with Gasteiger partial charge in [0.15, 0.2) is 0 Å². The summed E-state index contributed by atoms with van der Waals surface area (Å²) >= 11 is 0. The molecular weight excluding hydrogens is 250 g/mol. The maximum Gasteiger partial charge on any atom is 0.338 e. The topological polar surface area (TPSA) is 29.5 Å². The molecule has 0 radical (unpaired) electrons. The summed E-state index contributed by atoms with van der Waals surface area (Å²) in [6.07, 6.45) is 6.00. The Labute approximate surface area is 121 Å². The normalized spacial score (nSPS) is 19.8. The van der Waals surface area contributed by atoms with Crippen molar-refractivity contribution in [1.82, 2.24) is 4.90 Å². The molecule has 20 heavy (non-hydrogen) atoms. The third-order valence-electron chi connectivity index (χ3n) is 3.95. The van der Waals surface area contributed by atoms with Crippen molar-refractivity contribution >= 4 is 5.97 Å². The van der Waals surface area contributed by atoms with E-state index < -0.39 is 0 Å². The number of piperidine rings is 1. The lowest BCUT2D eigenvalue weighted by Crippen LogP contribution is -2.40. The van der Waals surface area contributed by atoms with Gasteiger partial charge in [-0.05, 0) is 50.9 Å². The number of hydrogen-bond donors (Lipinski definition) is 0. The lowest BCUT2D eigenvalue weighted by atomic mass is 9.99. The highest BCUT2D eigenvalue weighted by atomic mass is 16.5. The zero-order valence-corrected chi connectivity index (χ0v) is 12.4. The Morgan fingerprint density at radius 2 is 2.10 bits per heavy atom. The maximum atomic E-state index is 11.9. The number of carbonyl (C=O) groups excluding carboxylic acids is 1. The number of carbonyl (C=O) groups is 1. The smallest absolute Gasteiger partial charge is 0.338 e. The molecule has 1 aliphatic rings. The average Bonchev–Trinajstić information content (AvgIpc) is 2.50. The molecule has 3 heteroatoms. The fourth-order valence-corrected chi connectivity index (χ4v) is 2.91. The molecule has 0 aromatic heterocycles. The molecule has 0 unspecified atom stereocenters. The SMILES string of the molecule is CCCN1CCCC[C@@H]1CCOC(=O)c1ccccc1. The van der Waals surface area contributed by atoms with Gasteiger partial charge >= 0.3 is 5.97 Å². The Bertz CT molecular complexity index is 403. The fourth-order valence-electron chi connectivity index (χ4n) is 2.91. The van der Waals surface area contributed by atoms with Gasteiger partial charge in [-0.1, -0.05) is 31.5 Å². The van der Waals surface area contributed by atoms with Crippen LogP contribution in [0.4, 0.5) is 0 Å². The first-order valence-corrected chi connectivity index (χ1v) is 7.77. The van der Waals surface area contributed by atoms with Crippen LogP contribution in [0.15, 0.2) is 30.3 Å². The Kier molecular flexibility index (Phi) is 6.06. The van der Waals surface area contributed by atoms with Crippen LogP contribution in [-0.4, -0.2) is 36.6 Å². The van der Waals surface area contributed by atoms with Crippen LogP contribution in [0.3, 0.4) is 0 Å². The van der Waals surface area contributed by atoms with E-state index in [1.54, 1.807) is 12.1 Å². The van der Waals surface area contributed by atoms with E-state index >= 15 is 0 Å². The van der Waals surface area contributed by atoms with Crippen molar-refractivity contribution in [3.63, 3.8) is 0 Å². The average molecular weight is 275 g/mol. The highest BCUT2D eigenvalue weighted by Crippen LogP contribution is 2.20. The van der Waals surface area contributed by atoms with Crippen LogP contribution in [0.1, 0.15) is 49.4 Å². The van der Waals surface area contributed by atoms with Gasteiger partial charge in [0.1, 0.15) is 0 Å². The second kappa shape index (κ2) is 8.05. The summed E-state index contributed by atoms with van der Waals surface area (Å²) in [7, 11) is 0. The van der Waals surface area contributed by atoms with Gasteiger partial charge in [0.25, 0.3) is 0 Å². The van der Waals surface area contributed by atoms with Crippen molar-refractivity contribution < 1.29 is 9.53 Å². The predicted octanol–water partition coefficient (Wildman–Crippen LogP) is 3.50. The van der Waals surface area contributed by atoms with Crippen LogP contribution in [0, 0.1) is 0 Å². The van der Waals surface area contributed by atoms with Crippen LogP contribution in [0.25, 0.3) is 0 Å². The summed E-state index contributed by atoms with van der Waals surface area (Å²) in [5.41, 5.74) is 0.640. The van der Waals surface area contributed by atoms with Crippen molar-refractivity contribution in [2.75, 3.05) is 19.7 Å². The molecule has 0 spiro atoms. The molecule has 2 rings (SSSR count). The summed E-state index contributed by atoms with van der Waals surface area (Å²) in [6, 6.07) is 9.81. The van der Waals surface area contributed by atoms with Crippen LogP contribution < -0.4 is 0 Å². The van der Waals surface area contributed by atoms with E-state index in [2.05, 4.69) is 11.8 Å². The van der Waals surface area contributed by atoms with E-state index in [0.29, 0.717) is 18.2 Å². The molecule has 1 aromatic rings. The molecule has 0 amide bonds. The number of esters is 1. The van der Waals surface area contributed by atoms with E-state index in [1.807, 2.05) is 18.2 Å². The monoisotopic (exact) mass is 275 g/mol. The number of likely N-dealkylation sites (tertiary alicyclic amines) is 1. The fraction of sp³-hybridized carbons (Fsp3) is 0.588. The van der Waals surface area contributed by atoms with Gasteiger partial charge in [-0.25, -0.2) is 4.79 Å². The molecular formula is C17H25NO2. The van der Waals surface area contributed by atoms with Crippen molar-refractivity contribution in [1.29, 1.82) is 0 Å². The van der Waals surface area contributed by atoms with E-state index in [0.717, 1.165) is 13.0 Å². The number of rotatable bonds is 6. The number of hydrogen-bond acceptors (Lipinski definition) is 3. The van der Waals surface area contributed by atoms with Crippen molar-refractivity contribution in [3.8, 4) is 0 Å². The minimum atomic E-state index is -0.205. The second-order valence-corrected chi connectivity index (χ2v) is 5.48. The summed E-state index contributed by atoms with van der Waals surface area (Å²) in [6.45, 7) is 5.11. The van der Waals surface area contributed by atoms with Gasteiger partial charge in [0.05, 0.1) is 12.2 Å². The molecule has 1 heterocycles. The largest absolute Gasteiger partial charge is 0.462 e. The molecule has 1 saturated heterocycles. The Morgan fingerprint density at radius 3 is 2.85 bits per heavy atom. The molecule has 1 aliphatic heterocycles. The molecule has 1 aromatic carbocycles. The number of benzene rings is 1. The molecule has 110 valence electrons. The Hall–Kier alpha value is -1.35. The minimum absolute atomic E-state index is 0.205. The molecule has 0 saturated carbocycles. The molecule has 1 fully saturated rings. The summed E-state index contributed by atoms with van der Waals surface area (Å²) < 4.78 is 5.39. The standard InChI is InChI=1S/C17H25NO2/c1-2-12-18-13-7-6-10-16(18)11-14-20-17(19)15-8-4-3-5-9-15/h3-5,8-9,16H,2,6-7,10-14H2,1H3/t16-/m1/s1. The van der Waals surface area contributed by atoms with Gasteiger partial charge in [0.2, 0.25) is 0 Å². The predicted molar refractivity (Wildman–Crippen MR) is 80.8 cm³/mol. The lowest BCUT2D eigenvalue weighted by Gasteiger charge is -2.35. The van der Waals surface area contributed by atoms with E-state index in [1.165, 1.54) is 32.2 Å². The van der Waals surface area contributed by atoms with Gasteiger partial charge in [-0.2, -0.15) is 0 Å². The summed E-state index contributed by atoms with van der Waals surface area (Å²) in [5, 5.41) is 0. The van der Waals surface area contributed by atoms with Gasteiger partial charge in [-0.3, -0.25) is 0 Å². The number of ether oxygens (including phenoxy) is 1. The van der Waals surface area contributed by atoms with Crippen molar-refractivity contribution in [2.24, 2.45) is 0 Å². The van der Waals surface area contributed by atoms with Crippen LogP contribution in [0.5, 0.6) is 0 Å². The van der Waals surface area contributed by atoms with Crippen LogP contribution >= 0.6 is 0 Å². The van der Waals surface area contributed by atoms with Gasteiger partial charge < -0.3 is 9.64 Å². The Morgan fingerprint density at radius 1 is 1.30 bits per heavy atom. The molecule has 1 atom stereocenters. The van der Waals surface area contributed by atoms with Crippen LogP contribution in [-0.2, 0) is 4.74 Å². The molecule has 0 N–H and O–H groups in total. The molecule has 0 aliphatic carbocycles. The first kappa shape index (κ1) is 15.0. The maximum absolute atomic E-state index is 11.9. The van der Waals surface area contributed by atoms with Gasteiger partial charge in [0, 0.05) is 6.04 Å². The first-order chi connectivity index (χ1) is 9.81. The second-order valence-electron chi connectivity index (χ2n) is 5.48. The Balaban J connectivity index is 1.75. The lowest BCUT2D eigenvalue weighted by molar-refractivity contribution is 0.0433. The minimum Gasteiger partial charge on any atom is -0.462 e. The highest BCUT2D eigenvalue weighted by Gasteiger charge is 2.21. The third kappa shape index (κ3) is 4.34. The zero-order valence-electron chi connectivity index (χ0n) is 12.4. The highest BCUT2D eigenvalue weighted by molar-refractivity contribution is 5.89. The van der Waals surface area contributed by atoms with E-state index in [9.17, 15) is 4.79 Å². The molecule has 0 bridgehead atoms. The summed E-state index contributed by atoms with van der Waals surface area (Å²) in [4.78, 5) is 14.4. The van der Waals surface area contributed by atoms with E-state index in [4.69, 9.17) is 4.74 Å². The van der Waals surface area contributed by atoms with Crippen molar-refractivity contribution in [3.05, 3.63) is 35.9 Å². The number of nitrogens with zero attached hydrogens (tertiary/aromatic N) is 1. The zero-order chi connectivity index (χ0) is 14.2.